The monoisotopic (exact) mass is 537 g/mol. The number of carbonyl (C=O) groups is 2. The Morgan fingerprint density at radius 2 is 1.68 bits per heavy atom. The smallest absolute Gasteiger partial charge is 0.242 e. The lowest BCUT2D eigenvalue weighted by Crippen LogP contribution is -2.49. The van der Waals surface area contributed by atoms with E-state index < -0.39 is 27.7 Å². The normalized spacial score (nSPS) is 12.3. The van der Waals surface area contributed by atoms with Gasteiger partial charge in [-0.1, -0.05) is 50.6 Å². The molecule has 2 aromatic carbocycles. The molecule has 0 aliphatic carbocycles. The molecule has 0 aromatic heterocycles. The van der Waals surface area contributed by atoms with Gasteiger partial charge in [-0.15, -0.1) is 0 Å². The SMILES string of the molecule is CC[C@@H](C(=O)NCC(C)C)N(Cc1ccc(C)cc1)C(=O)CCCN(c1ccc(F)c(F)c1)S(C)(=O)=O. The standard InChI is InChI=1S/C27H37F2N3O4S/c1-6-25(27(34)30-17-19(2)3)31(18-21-11-9-20(4)10-12-21)26(33)8-7-15-32(37(5,35)36)22-13-14-23(28)24(29)16-22/h9-14,16,19,25H,6-8,15,17-18H2,1-5H3,(H,30,34)/t25-/m0/s1. The van der Waals surface area contributed by atoms with Gasteiger partial charge in [-0.25, -0.2) is 17.2 Å². The molecule has 0 bridgehead atoms. The van der Waals surface area contributed by atoms with Gasteiger partial charge in [0.15, 0.2) is 11.6 Å². The second-order valence-electron chi connectivity index (χ2n) is 9.61. The zero-order chi connectivity index (χ0) is 27.8. The van der Waals surface area contributed by atoms with E-state index in [1.54, 1.807) is 0 Å². The van der Waals surface area contributed by atoms with Crippen LogP contribution in [0.3, 0.4) is 0 Å². The van der Waals surface area contributed by atoms with E-state index in [4.69, 9.17) is 0 Å². The molecule has 2 aromatic rings. The van der Waals surface area contributed by atoms with Gasteiger partial charge < -0.3 is 10.2 Å². The van der Waals surface area contributed by atoms with Crippen LogP contribution < -0.4 is 9.62 Å². The number of anilines is 1. The maximum absolute atomic E-state index is 13.7. The van der Waals surface area contributed by atoms with Crippen LogP contribution in [0.15, 0.2) is 42.5 Å². The third-order valence-electron chi connectivity index (χ3n) is 5.89. The van der Waals surface area contributed by atoms with E-state index in [1.165, 1.54) is 11.0 Å². The lowest BCUT2D eigenvalue weighted by molar-refractivity contribution is -0.141. The van der Waals surface area contributed by atoms with E-state index in [0.29, 0.717) is 13.0 Å². The van der Waals surface area contributed by atoms with Gasteiger partial charge in [0, 0.05) is 32.1 Å². The first-order chi connectivity index (χ1) is 17.3. The number of carbonyl (C=O) groups excluding carboxylic acids is 2. The fourth-order valence-electron chi connectivity index (χ4n) is 3.88. The molecule has 0 spiro atoms. The predicted molar refractivity (Wildman–Crippen MR) is 141 cm³/mol. The minimum absolute atomic E-state index is 0.0233. The second-order valence-corrected chi connectivity index (χ2v) is 11.5. The van der Waals surface area contributed by atoms with E-state index in [2.05, 4.69) is 5.32 Å². The topological polar surface area (TPSA) is 86.8 Å². The first-order valence-corrected chi connectivity index (χ1v) is 14.2. The molecule has 37 heavy (non-hydrogen) atoms. The third-order valence-corrected chi connectivity index (χ3v) is 7.08. The first kappa shape index (κ1) is 30.2. The molecule has 0 saturated heterocycles. The summed E-state index contributed by atoms with van der Waals surface area (Å²) in [7, 11) is -3.81. The van der Waals surface area contributed by atoms with Gasteiger partial charge in [0.1, 0.15) is 6.04 Å². The van der Waals surface area contributed by atoms with Crippen molar-refractivity contribution in [2.24, 2.45) is 5.92 Å². The van der Waals surface area contributed by atoms with Crippen molar-refractivity contribution in [3.8, 4) is 0 Å². The molecule has 2 rings (SSSR count). The van der Waals surface area contributed by atoms with Crippen molar-refractivity contribution >= 4 is 27.5 Å². The molecule has 0 aliphatic rings. The van der Waals surface area contributed by atoms with Crippen LogP contribution in [0.2, 0.25) is 0 Å². The Balaban J connectivity index is 2.22. The van der Waals surface area contributed by atoms with E-state index >= 15 is 0 Å². The van der Waals surface area contributed by atoms with Crippen LogP contribution in [-0.2, 0) is 26.2 Å². The Bertz CT molecular complexity index is 1170. The number of halogens is 2. The number of sulfonamides is 1. The van der Waals surface area contributed by atoms with E-state index in [-0.39, 0.29) is 49.4 Å². The minimum Gasteiger partial charge on any atom is -0.354 e. The van der Waals surface area contributed by atoms with Crippen LogP contribution >= 0.6 is 0 Å². The van der Waals surface area contributed by atoms with Crippen molar-refractivity contribution in [2.75, 3.05) is 23.7 Å². The van der Waals surface area contributed by atoms with Gasteiger partial charge in [0.25, 0.3) is 0 Å². The highest BCUT2D eigenvalue weighted by atomic mass is 32.2. The highest BCUT2D eigenvalue weighted by Gasteiger charge is 2.29. The Morgan fingerprint density at radius 3 is 2.22 bits per heavy atom. The number of amides is 2. The van der Waals surface area contributed by atoms with E-state index in [0.717, 1.165) is 33.8 Å². The van der Waals surface area contributed by atoms with Gasteiger partial charge in [0.05, 0.1) is 11.9 Å². The van der Waals surface area contributed by atoms with Crippen LogP contribution in [-0.4, -0.2) is 50.5 Å². The molecule has 7 nitrogen and oxygen atoms in total. The summed E-state index contributed by atoms with van der Waals surface area (Å²) in [5.74, 6) is -2.53. The Morgan fingerprint density at radius 1 is 1.03 bits per heavy atom. The summed E-state index contributed by atoms with van der Waals surface area (Å²) >= 11 is 0. The van der Waals surface area contributed by atoms with Crippen LogP contribution in [0.4, 0.5) is 14.5 Å². The Labute approximate surface area is 218 Å². The lowest BCUT2D eigenvalue weighted by atomic mass is 10.1. The zero-order valence-electron chi connectivity index (χ0n) is 22.1. The van der Waals surface area contributed by atoms with Crippen LogP contribution in [0.1, 0.15) is 51.2 Å². The van der Waals surface area contributed by atoms with Crippen molar-refractivity contribution in [1.29, 1.82) is 0 Å². The third kappa shape index (κ3) is 9.10. The van der Waals surface area contributed by atoms with E-state index in [9.17, 15) is 26.8 Å². The Kier molecular flexibility index (Phi) is 11.0. The van der Waals surface area contributed by atoms with Gasteiger partial charge in [-0.2, -0.15) is 0 Å². The molecule has 1 N–H and O–H groups in total. The predicted octanol–water partition coefficient (Wildman–Crippen LogP) is 4.40. The second kappa shape index (κ2) is 13.5. The fraction of sp³-hybridized carbons (Fsp3) is 0.481. The maximum Gasteiger partial charge on any atom is 0.242 e. The molecule has 204 valence electrons. The summed E-state index contributed by atoms with van der Waals surface area (Å²) in [5.41, 5.74) is 1.92. The lowest BCUT2D eigenvalue weighted by Gasteiger charge is -2.31. The average Bonchev–Trinajstić information content (AvgIpc) is 2.82. The highest BCUT2D eigenvalue weighted by Crippen LogP contribution is 2.22. The summed E-state index contributed by atoms with van der Waals surface area (Å²) in [5, 5.41) is 2.90. The zero-order valence-corrected chi connectivity index (χ0v) is 22.9. The number of hydrogen-bond acceptors (Lipinski definition) is 4. The van der Waals surface area contributed by atoms with Crippen molar-refractivity contribution in [3.05, 3.63) is 65.2 Å². The summed E-state index contributed by atoms with van der Waals surface area (Å²) in [6.07, 6.45) is 1.46. The molecule has 0 radical (unpaired) electrons. The van der Waals surface area contributed by atoms with Crippen molar-refractivity contribution < 1.29 is 26.8 Å². The minimum atomic E-state index is -3.81. The van der Waals surface area contributed by atoms with Gasteiger partial charge >= 0.3 is 0 Å². The van der Waals surface area contributed by atoms with Gasteiger partial charge in [-0.3, -0.25) is 13.9 Å². The molecular formula is C27H37F2N3O4S. The van der Waals surface area contributed by atoms with Crippen molar-refractivity contribution in [1.82, 2.24) is 10.2 Å². The molecule has 0 fully saturated rings. The number of rotatable bonds is 13. The summed E-state index contributed by atoms with van der Waals surface area (Å²) < 4.78 is 52.7. The van der Waals surface area contributed by atoms with Crippen molar-refractivity contribution in [3.63, 3.8) is 0 Å². The number of nitrogens with zero attached hydrogens (tertiary/aromatic N) is 2. The number of aryl methyl sites for hydroxylation is 1. The molecule has 0 saturated carbocycles. The highest BCUT2D eigenvalue weighted by molar-refractivity contribution is 7.92. The van der Waals surface area contributed by atoms with Gasteiger partial charge in [-0.05, 0) is 43.4 Å². The quantitative estimate of drug-likeness (QED) is 0.410. The largest absolute Gasteiger partial charge is 0.354 e. The number of benzene rings is 2. The number of nitrogens with one attached hydrogen (secondary N) is 1. The van der Waals surface area contributed by atoms with Crippen LogP contribution in [0.25, 0.3) is 0 Å². The summed E-state index contributed by atoms with van der Waals surface area (Å²) in [4.78, 5) is 27.9. The molecule has 2 amide bonds. The van der Waals surface area contributed by atoms with Crippen LogP contribution in [0, 0.1) is 24.5 Å². The van der Waals surface area contributed by atoms with Gasteiger partial charge in [0.2, 0.25) is 21.8 Å². The van der Waals surface area contributed by atoms with Crippen molar-refractivity contribution in [2.45, 2.75) is 59.5 Å². The van der Waals surface area contributed by atoms with E-state index in [1.807, 2.05) is 52.0 Å². The molecular weight excluding hydrogens is 500 g/mol. The molecule has 0 heterocycles. The maximum atomic E-state index is 13.7. The van der Waals surface area contributed by atoms with Crippen LogP contribution in [0.5, 0.6) is 0 Å². The molecule has 1 atom stereocenters. The number of hydrogen-bond donors (Lipinski definition) is 1. The summed E-state index contributed by atoms with van der Waals surface area (Å²) in [6.45, 7) is 8.37. The fourth-order valence-corrected chi connectivity index (χ4v) is 4.83. The molecule has 10 heteroatoms. The molecule has 0 aliphatic heterocycles. The average molecular weight is 538 g/mol. The summed E-state index contributed by atoms with van der Waals surface area (Å²) in [6, 6.07) is 9.84. The first-order valence-electron chi connectivity index (χ1n) is 12.4. The Hall–Kier alpha value is -3.01. The molecule has 0 unspecified atom stereocenters.